The highest BCUT2D eigenvalue weighted by molar-refractivity contribution is 5.65. The first-order valence-corrected chi connectivity index (χ1v) is 6.47. The lowest BCUT2D eigenvalue weighted by atomic mass is 10.1. The molecule has 1 aliphatic rings. The molecule has 5 nitrogen and oxygen atoms in total. The zero-order valence-electron chi connectivity index (χ0n) is 10.8. The van der Waals surface area contributed by atoms with Gasteiger partial charge >= 0.3 is 6.09 Å². The Kier molecular flexibility index (Phi) is 5.18. The molecule has 5 heteroatoms. The monoisotopic (exact) mass is 265 g/mol. The number of hydrogen-bond acceptors (Lipinski definition) is 3. The number of amides is 1. The van der Waals surface area contributed by atoms with Gasteiger partial charge in [-0.25, -0.2) is 4.79 Å². The average Bonchev–Trinajstić information content (AvgIpc) is 2.45. The minimum atomic E-state index is -0.912. The summed E-state index contributed by atoms with van der Waals surface area (Å²) >= 11 is 0. The van der Waals surface area contributed by atoms with Gasteiger partial charge in [0.25, 0.3) is 0 Å². The number of nitrogens with zero attached hydrogens (tertiary/aromatic N) is 1. The van der Waals surface area contributed by atoms with Crippen LogP contribution in [0.15, 0.2) is 30.3 Å². The largest absolute Gasteiger partial charge is 0.465 e. The summed E-state index contributed by atoms with van der Waals surface area (Å²) in [7, 11) is 0. The van der Waals surface area contributed by atoms with Crippen LogP contribution in [-0.2, 0) is 15.9 Å². The third-order valence-electron chi connectivity index (χ3n) is 3.09. The lowest BCUT2D eigenvalue weighted by Crippen LogP contribution is -2.43. The Balaban J connectivity index is 1.83. The molecule has 1 atom stereocenters. The molecule has 0 spiro atoms. The second-order valence-electron chi connectivity index (χ2n) is 4.53. The smallest absolute Gasteiger partial charge is 0.407 e. The van der Waals surface area contributed by atoms with E-state index in [1.165, 1.54) is 4.90 Å². The van der Waals surface area contributed by atoms with Gasteiger partial charge in [-0.3, -0.25) is 0 Å². The Morgan fingerprint density at radius 1 is 1.32 bits per heavy atom. The van der Waals surface area contributed by atoms with Crippen molar-refractivity contribution >= 4 is 6.09 Å². The summed E-state index contributed by atoms with van der Waals surface area (Å²) in [4.78, 5) is 12.6. The molecule has 0 aromatic heterocycles. The van der Waals surface area contributed by atoms with Gasteiger partial charge in [-0.2, -0.15) is 0 Å². The Morgan fingerprint density at radius 3 is 2.74 bits per heavy atom. The fraction of sp³-hybridized carbons (Fsp3) is 0.500. The molecule has 1 N–H and O–H groups in total. The maximum atomic E-state index is 11.2. The zero-order chi connectivity index (χ0) is 13.5. The molecule has 0 bridgehead atoms. The van der Waals surface area contributed by atoms with Crippen LogP contribution in [0.25, 0.3) is 0 Å². The average molecular weight is 265 g/mol. The summed E-state index contributed by atoms with van der Waals surface area (Å²) in [5.41, 5.74) is 1.13. The highest BCUT2D eigenvalue weighted by atomic mass is 16.6. The molecule has 1 aromatic carbocycles. The van der Waals surface area contributed by atoms with Crippen LogP contribution in [0.1, 0.15) is 5.56 Å². The van der Waals surface area contributed by atoms with Crippen molar-refractivity contribution in [1.82, 2.24) is 4.90 Å². The molecule has 0 radical (unpaired) electrons. The molecule has 1 aromatic rings. The van der Waals surface area contributed by atoms with Gasteiger partial charge in [0.15, 0.2) is 0 Å². The second-order valence-corrected chi connectivity index (χ2v) is 4.53. The number of carbonyl (C=O) groups is 1. The van der Waals surface area contributed by atoms with Crippen molar-refractivity contribution < 1.29 is 19.4 Å². The quantitative estimate of drug-likeness (QED) is 0.879. The number of carboxylic acid groups (broad SMARTS) is 1. The molecular weight excluding hydrogens is 246 g/mol. The number of hydrogen-bond donors (Lipinski definition) is 1. The van der Waals surface area contributed by atoms with Gasteiger partial charge in [-0.1, -0.05) is 30.3 Å². The van der Waals surface area contributed by atoms with Crippen molar-refractivity contribution in [1.29, 1.82) is 0 Å². The fourth-order valence-corrected chi connectivity index (χ4v) is 2.06. The van der Waals surface area contributed by atoms with Crippen LogP contribution in [0.4, 0.5) is 4.79 Å². The van der Waals surface area contributed by atoms with E-state index in [0.29, 0.717) is 39.3 Å². The lowest BCUT2D eigenvalue weighted by molar-refractivity contribution is -0.0952. The number of ether oxygens (including phenoxy) is 2. The molecular formula is C14H19NO4. The molecule has 1 amide bonds. The highest BCUT2D eigenvalue weighted by Gasteiger charge is 2.21. The number of rotatable bonds is 5. The highest BCUT2D eigenvalue weighted by Crippen LogP contribution is 2.06. The van der Waals surface area contributed by atoms with Crippen LogP contribution >= 0.6 is 0 Å². The Hall–Kier alpha value is -1.59. The second kappa shape index (κ2) is 7.11. The maximum absolute atomic E-state index is 11.2. The van der Waals surface area contributed by atoms with Gasteiger partial charge in [0.2, 0.25) is 0 Å². The molecule has 2 rings (SSSR count). The van der Waals surface area contributed by atoms with E-state index >= 15 is 0 Å². The van der Waals surface area contributed by atoms with E-state index < -0.39 is 6.09 Å². The molecule has 1 heterocycles. The third kappa shape index (κ3) is 4.54. The molecule has 0 aliphatic carbocycles. The molecule has 1 saturated heterocycles. The van der Waals surface area contributed by atoms with Crippen molar-refractivity contribution in [3.05, 3.63) is 35.9 Å². The maximum Gasteiger partial charge on any atom is 0.407 e. The first kappa shape index (κ1) is 13.8. The Morgan fingerprint density at radius 2 is 2.11 bits per heavy atom. The van der Waals surface area contributed by atoms with Crippen LogP contribution in [0.3, 0.4) is 0 Å². The molecule has 104 valence electrons. The fourth-order valence-electron chi connectivity index (χ4n) is 2.06. The standard InChI is InChI=1S/C14H19NO4/c16-14(17)15(10-13-11-18-8-9-19-13)7-6-12-4-2-1-3-5-12/h1-5,13H,6-11H2,(H,16,17). The topological polar surface area (TPSA) is 59.0 Å². The minimum Gasteiger partial charge on any atom is -0.465 e. The van der Waals surface area contributed by atoms with Gasteiger partial charge < -0.3 is 19.5 Å². The van der Waals surface area contributed by atoms with Gasteiger partial charge in [-0.05, 0) is 12.0 Å². The summed E-state index contributed by atoms with van der Waals surface area (Å²) in [5, 5.41) is 9.21. The summed E-state index contributed by atoms with van der Waals surface area (Å²) in [5.74, 6) is 0. The van der Waals surface area contributed by atoms with Gasteiger partial charge in [0, 0.05) is 6.54 Å². The van der Waals surface area contributed by atoms with E-state index in [-0.39, 0.29) is 6.10 Å². The molecule has 1 fully saturated rings. The lowest BCUT2D eigenvalue weighted by Gasteiger charge is -2.28. The Bertz CT molecular complexity index is 390. The van der Waals surface area contributed by atoms with E-state index in [1.807, 2.05) is 30.3 Å². The van der Waals surface area contributed by atoms with E-state index in [4.69, 9.17) is 9.47 Å². The predicted molar refractivity (Wildman–Crippen MR) is 70.3 cm³/mol. The molecule has 1 unspecified atom stereocenters. The van der Waals surface area contributed by atoms with E-state index in [2.05, 4.69) is 0 Å². The molecule has 0 saturated carbocycles. The van der Waals surface area contributed by atoms with Crippen LogP contribution < -0.4 is 0 Å². The summed E-state index contributed by atoms with van der Waals surface area (Å²) in [6.07, 6.45) is -0.355. The van der Waals surface area contributed by atoms with Crippen molar-refractivity contribution in [2.24, 2.45) is 0 Å². The van der Waals surface area contributed by atoms with Crippen LogP contribution in [0.5, 0.6) is 0 Å². The normalized spacial score (nSPS) is 19.1. The Labute approximate surface area is 112 Å². The minimum absolute atomic E-state index is 0.152. The zero-order valence-corrected chi connectivity index (χ0v) is 10.8. The predicted octanol–water partition coefficient (Wildman–Crippen LogP) is 1.62. The molecule has 19 heavy (non-hydrogen) atoms. The van der Waals surface area contributed by atoms with E-state index in [0.717, 1.165) is 5.56 Å². The van der Waals surface area contributed by atoms with Crippen molar-refractivity contribution in [2.45, 2.75) is 12.5 Å². The number of benzene rings is 1. The SMILES string of the molecule is O=C(O)N(CCc1ccccc1)CC1COCCO1. The van der Waals surface area contributed by atoms with Crippen LogP contribution in [0.2, 0.25) is 0 Å². The summed E-state index contributed by atoms with van der Waals surface area (Å²) < 4.78 is 10.8. The molecule has 1 aliphatic heterocycles. The summed E-state index contributed by atoms with van der Waals surface area (Å²) in [6, 6.07) is 9.86. The van der Waals surface area contributed by atoms with Gasteiger partial charge in [-0.15, -0.1) is 0 Å². The van der Waals surface area contributed by atoms with Crippen molar-refractivity contribution in [3.8, 4) is 0 Å². The van der Waals surface area contributed by atoms with E-state index in [1.54, 1.807) is 0 Å². The van der Waals surface area contributed by atoms with Gasteiger partial charge in [0.05, 0.1) is 32.5 Å². The van der Waals surface area contributed by atoms with Crippen LogP contribution in [0, 0.1) is 0 Å². The third-order valence-corrected chi connectivity index (χ3v) is 3.09. The van der Waals surface area contributed by atoms with Crippen molar-refractivity contribution in [2.75, 3.05) is 32.9 Å². The first-order valence-electron chi connectivity index (χ1n) is 6.47. The van der Waals surface area contributed by atoms with Crippen molar-refractivity contribution in [3.63, 3.8) is 0 Å². The first-order chi connectivity index (χ1) is 9.25. The van der Waals surface area contributed by atoms with Crippen LogP contribution in [-0.4, -0.2) is 55.1 Å². The van der Waals surface area contributed by atoms with Gasteiger partial charge in [0.1, 0.15) is 0 Å². The summed E-state index contributed by atoms with van der Waals surface area (Å²) in [6.45, 7) is 2.43. The van der Waals surface area contributed by atoms with E-state index in [9.17, 15) is 9.90 Å².